The van der Waals surface area contributed by atoms with Crippen LogP contribution < -0.4 is 15.5 Å². The van der Waals surface area contributed by atoms with Crippen molar-refractivity contribution >= 4 is 23.4 Å². The molecule has 2 N–H and O–H groups in total. The predicted molar refractivity (Wildman–Crippen MR) is 100 cm³/mol. The summed E-state index contributed by atoms with van der Waals surface area (Å²) in [4.78, 5) is 25.4. The van der Waals surface area contributed by atoms with Gasteiger partial charge in [0.05, 0.1) is 13.2 Å². The van der Waals surface area contributed by atoms with Crippen LogP contribution in [0.5, 0.6) is 0 Å². The van der Waals surface area contributed by atoms with Gasteiger partial charge in [-0.2, -0.15) is 4.98 Å². The summed E-state index contributed by atoms with van der Waals surface area (Å²) < 4.78 is 5.38. The van der Waals surface area contributed by atoms with E-state index in [0.717, 1.165) is 30.9 Å². The summed E-state index contributed by atoms with van der Waals surface area (Å²) >= 11 is 0. The summed E-state index contributed by atoms with van der Waals surface area (Å²) in [5, 5.41) is 0. The molecule has 2 fully saturated rings. The van der Waals surface area contributed by atoms with Crippen LogP contribution in [0, 0.1) is 5.92 Å². The van der Waals surface area contributed by atoms with E-state index in [-0.39, 0.29) is 11.8 Å². The van der Waals surface area contributed by atoms with Crippen LogP contribution in [0.3, 0.4) is 0 Å². The Balaban J connectivity index is 1.47. The normalized spacial score (nSPS) is 20.6. The van der Waals surface area contributed by atoms with Gasteiger partial charge in [0.15, 0.2) is 0 Å². The number of para-hydroxylation sites is 1. The number of amides is 1. The lowest BCUT2D eigenvalue weighted by Gasteiger charge is -2.27. The second-order valence-corrected chi connectivity index (χ2v) is 6.80. The fourth-order valence-corrected chi connectivity index (χ4v) is 3.59. The number of nitrogens with zero attached hydrogens (tertiary/aromatic N) is 4. The smallest absolute Gasteiger partial charge is 0.227 e. The van der Waals surface area contributed by atoms with E-state index in [0.29, 0.717) is 37.9 Å². The van der Waals surface area contributed by atoms with E-state index < -0.39 is 0 Å². The van der Waals surface area contributed by atoms with Crippen molar-refractivity contribution in [3.8, 4) is 0 Å². The minimum atomic E-state index is 0.164. The van der Waals surface area contributed by atoms with Gasteiger partial charge in [0.1, 0.15) is 5.82 Å². The predicted octanol–water partition coefficient (Wildman–Crippen LogP) is 1.49. The second kappa shape index (κ2) is 7.29. The number of rotatable bonds is 4. The molecule has 0 saturated carbocycles. The maximum Gasteiger partial charge on any atom is 0.227 e. The number of hydrogen-bond acceptors (Lipinski definition) is 6. The Labute approximate surface area is 152 Å². The van der Waals surface area contributed by atoms with Crippen molar-refractivity contribution in [2.45, 2.75) is 12.8 Å². The fourth-order valence-electron chi connectivity index (χ4n) is 3.59. The number of nitrogen functional groups attached to an aromatic ring is 1. The molecule has 2 aromatic rings. The highest BCUT2D eigenvalue weighted by Crippen LogP contribution is 2.27. The van der Waals surface area contributed by atoms with Crippen LogP contribution in [-0.2, 0) is 16.0 Å². The van der Waals surface area contributed by atoms with Gasteiger partial charge in [0.2, 0.25) is 11.9 Å². The van der Waals surface area contributed by atoms with Gasteiger partial charge in [0, 0.05) is 43.5 Å². The van der Waals surface area contributed by atoms with Gasteiger partial charge < -0.3 is 20.3 Å². The number of benzene rings is 1. The average molecular weight is 353 g/mol. The minimum Gasteiger partial charge on any atom is -0.384 e. The van der Waals surface area contributed by atoms with Crippen molar-refractivity contribution in [1.29, 1.82) is 0 Å². The maximum absolute atomic E-state index is 12.4. The molecule has 7 nitrogen and oxygen atoms in total. The number of carbonyl (C=O) groups is 1. The van der Waals surface area contributed by atoms with Crippen LogP contribution in [-0.4, -0.2) is 48.7 Å². The van der Waals surface area contributed by atoms with Gasteiger partial charge in [-0.1, -0.05) is 18.2 Å². The molecule has 0 radical (unpaired) electrons. The standard InChI is InChI=1S/C19H23N5O2/c20-17-12-15(21-19(22-17)23-6-8-26-9-7-23)10-14-11-18(25)24(13-14)16-4-2-1-3-5-16/h1-5,12,14H,6-11,13H2,(H2,20,21,22)/t14-/m0/s1. The molecule has 1 aromatic heterocycles. The van der Waals surface area contributed by atoms with Crippen molar-refractivity contribution in [2.75, 3.05) is 48.4 Å². The van der Waals surface area contributed by atoms with E-state index in [4.69, 9.17) is 15.5 Å². The Hall–Kier alpha value is -2.67. The van der Waals surface area contributed by atoms with E-state index in [1.165, 1.54) is 0 Å². The molecular weight excluding hydrogens is 330 g/mol. The Morgan fingerprint density at radius 2 is 1.92 bits per heavy atom. The number of carbonyl (C=O) groups excluding carboxylic acids is 1. The van der Waals surface area contributed by atoms with E-state index >= 15 is 0 Å². The third-order valence-corrected chi connectivity index (χ3v) is 4.85. The monoisotopic (exact) mass is 353 g/mol. The maximum atomic E-state index is 12.4. The Bertz CT molecular complexity index is 777. The molecule has 0 unspecified atom stereocenters. The number of nitrogens with two attached hydrogens (primary N) is 1. The van der Waals surface area contributed by atoms with Gasteiger partial charge in [-0.3, -0.25) is 4.79 Å². The van der Waals surface area contributed by atoms with Gasteiger partial charge >= 0.3 is 0 Å². The molecule has 1 aromatic carbocycles. The summed E-state index contributed by atoms with van der Waals surface area (Å²) in [5.41, 5.74) is 7.85. The molecule has 0 spiro atoms. The molecule has 2 aliphatic heterocycles. The largest absolute Gasteiger partial charge is 0.384 e. The highest BCUT2D eigenvalue weighted by Gasteiger charge is 2.31. The zero-order valence-corrected chi connectivity index (χ0v) is 14.7. The minimum absolute atomic E-state index is 0.164. The van der Waals surface area contributed by atoms with Crippen LogP contribution in [0.4, 0.5) is 17.5 Å². The number of anilines is 3. The first kappa shape index (κ1) is 16.8. The highest BCUT2D eigenvalue weighted by atomic mass is 16.5. The molecule has 2 saturated heterocycles. The zero-order valence-electron chi connectivity index (χ0n) is 14.7. The lowest BCUT2D eigenvalue weighted by Crippen LogP contribution is -2.37. The van der Waals surface area contributed by atoms with Crippen molar-refractivity contribution in [3.05, 3.63) is 42.1 Å². The third-order valence-electron chi connectivity index (χ3n) is 4.85. The number of hydrogen-bond donors (Lipinski definition) is 1. The van der Waals surface area contributed by atoms with E-state index in [1.54, 1.807) is 0 Å². The van der Waals surface area contributed by atoms with Crippen molar-refractivity contribution < 1.29 is 9.53 Å². The number of ether oxygens (including phenoxy) is 1. The van der Waals surface area contributed by atoms with Gasteiger partial charge in [-0.05, 0) is 24.5 Å². The molecule has 0 aliphatic carbocycles. The molecule has 2 aliphatic rings. The molecule has 1 atom stereocenters. The summed E-state index contributed by atoms with van der Waals surface area (Å²) in [6.45, 7) is 3.60. The summed E-state index contributed by atoms with van der Waals surface area (Å²) in [7, 11) is 0. The Morgan fingerprint density at radius 3 is 2.69 bits per heavy atom. The highest BCUT2D eigenvalue weighted by molar-refractivity contribution is 5.95. The third kappa shape index (κ3) is 3.62. The first-order chi connectivity index (χ1) is 12.7. The zero-order chi connectivity index (χ0) is 17.9. The molecular formula is C19H23N5O2. The van der Waals surface area contributed by atoms with E-state index in [9.17, 15) is 4.79 Å². The van der Waals surface area contributed by atoms with E-state index in [2.05, 4.69) is 9.88 Å². The van der Waals surface area contributed by atoms with Gasteiger partial charge in [-0.25, -0.2) is 4.98 Å². The van der Waals surface area contributed by atoms with Crippen LogP contribution in [0.15, 0.2) is 36.4 Å². The van der Waals surface area contributed by atoms with Crippen LogP contribution in [0.2, 0.25) is 0 Å². The van der Waals surface area contributed by atoms with Crippen molar-refractivity contribution in [3.63, 3.8) is 0 Å². The summed E-state index contributed by atoms with van der Waals surface area (Å²) in [6, 6.07) is 11.6. The topological polar surface area (TPSA) is 84.6 Å². The molecule has 7 heteroatoms. The lowest BCUT2D eigenvalue weighted by molar-refractivity contribution is -0.117. The first-order valence-electron chi connectivity index (χ1n) is 9.00. The Kier molecular flexibility index (Phi) is 4.71. The molecule has 136 valence electrons. The molecule has 4 rings (SSSR count). The average Bonchev–Trinajstić information content (AvgIpc) is 3.03. The molecule has 0 bridgehead atoms. The molecule has 3 heterocycles. The summed E-state index contributed by atoms with van der Waals surface area (Å²) in [5.74, 6) is 1.53. The van der Waals surface area contributed by atoms with Gasteiger partial charge in [-0.15, -0.1) is 0 Å². The number of morpholine rings is 1. The summed E-state index contributed by atoms with van der Waals surface area (Å²) in [6.07, 6.45) is 1.25. The fraction of sp³-hybridized carbons (Fsp3) is 0.421. The first-order valence-corrected chi connectivity index (χ1v) is 9.00. The lowest BCUT2D eigenvalue weighted by atomic mass is 10.0. The number of aromatic nitrogens is 2. The second-order valence-electron chi connectivity index (χ2n) is 6.80. The quantitative estimate of drug-likeness (QED) is 0.896. The van der Waals surface area contributed by atoms with Gasteiger partial charge in [0.25, 0.3) is 0 Å². The van der Waals surface area contributed by atoms with E-state index in [1.807, 2.05) is 41.3 Å². The van der Waals surface area contributed by atoms with Crippen LogP contribution in [0.1, 0.15) is 12.1 Å². The molecule has 1 amide bonds. The van der Waals surface area contributed by atoms with Crippen molar-refractivity contribution in [2.24, 2.45) is 5.92 Å². The van der Waals surface area contributed by atoms with Crippen LogP contribution in [0.25, 0.3) is 0 Å². The van der Waals surface area contributed by atoms with Crippen LogP contribution >= 0.6 is 0 Å². The van der Waals surface area contributed by atoms with Crippen molar-refractivity contribution in [1.82, 2.24) is 9.97 Å². The SMILES string of the molecule is Nc1cc(C[C@H]2CC(=O)N(c3ccccc3)C2)nc(N2CCOCC2)n1. The Morgan fingerprint density at radius 1 is 1.15 bits per heavy atom. The molecule has 26 heavy (non-hydrogen) atoms.